The van der Waals surface area contributed by atoms with Gasteiger partial charge < -0.3 is 5.32 Å². The molecule has 2 heterocycles. The lowest BCUT2D eigenvalue weighted by atomic mass is 10.1. The van der Waals surface area contributed by atoms with Crippen LogP contribution < -0.4 is 10.9 Å². The smallest absolute Gasteiger partial charge is 0.262 e. The van der Waals surface area contributed by atoms with Crippen LogP contribution in [-0.4, -0.2) is 30.8 Å². The zero-order valence-corrected chi connectivity index (χ0v) is 20.1. The Morgan fingerprint density at radius 1 is 1.09 bits per heavy atom. The summed E-state index contributed by atoms with van der Waals surface area (Å²) >= 11 is 1.47. The van der Waals surface area contributed by atoms with Gasteiger partial charge in [-0.2, -0.15) is 0 Å². The molecule has 2 aromatic heterocycles. The van der Waals surface area contributed by atoms with Gasteiger partial charge in [-0.05, 0) is 48.6 Å². The van der Waals surface area contributed by atoms with E-state index in [2.05, 4.69) is 36.3 Å². The third-order valence-electron chi connectivity index (χ3n) is 5.62. The lowest BCUT2D eigenvalue weighted by Gasteiger charge is -2.12. The minimum Gasteiger partial charge on any atom is -0.325 e. The van der Waals surface area contributed by atoms with Crippen molar-refractivity contribution in [3.05, 3.63) is 70.3 Å². The highest BCUT2D eigenvalue weighted by Crippen LogP contribution is 2.19. The Hall–Kier alpha value is -3.13. The first-order valence-corrected chi connectivity index (χ1v) is 12.5. The first-order valence-electron chi connectivity index (χ1n) is 11.3. The fraction of sp³-hybridized carbons (Fsp3) is 0.360. The van der Waals surface area contributed by atoms with Crippen LogP contribution in [-0.2, 0) is 23.5 Å². The van der Waals surface area contributed by atoms with E-state index in [9.17, 15) is 9.59 Å². The van der Waals surface area contributed by atoms with Gasteiger partial charge in [-0.25, -0.2) is 0 Å². The Morgan fingerprint density at radius 3 is 2.58 bits per heavy atom. The van der Waals surface area contributed by atoms with Crippen molar-refractivity contribution in [1.29, 1.82) is 0 Å². The Labute approximate surface area is 197 Å². The molecule has 0 bridgehead atoms. The van der Waals surface area contributed by atoms with Crippen molar-refractivity contribution in [3.63, 3.8) is 0 Å². The molecule has 4 aromatic rings. The van der Waals surface area contributed by atoms with Gasteiger partial charge in [0, 0.05) is 12.2 Å². The molecule has 33 heavy (non-hydrogen) atoms. The minimum absolute atomic E-state index is 0.0428. The van der Waals surface area contributed by atoms with Crippen molar-refractivity contribution in [2.75, 3.05) is 11.1 Å². The van der Waals surface area contributed by atoms with Crippen LogP contribution in [0.1, 0.15) is 38.6 Å². The summed E-state index contributed by atoms with van der Waals surface area (Å²) in [6, 6.07) is 15.4. The van der Waals surface area contributed by atoms with Crippen LogP contribution in [0.5, 0.6) is 0 Å². The molecule has 0 aliphatic carbocycles. The summed E-state index contributed by atoms with van der Waals surface area (Å²) in [5.74, 6) is 2.50. The maximum atomic E-state index is 13.1. The average Bonchev–Trinajstić information content (AvgIpc) is 3.23. The SMILES string of the molecule is CCc1ccc(NC(=O)CSCc2nnc3n(CCC(C)C)c(=O)c4ccccc4n23)cc1. The highest BCUT2D eigenvalue weighted by molar-refractivity contribution is 7.99. The van der Waals surface area contributed by atoms with Crippen LogP contribution in [0, 0.1) is 5.92 Å². The van der Waals surface area contributed by atoms with E-state index >= 15 is 0 Å². The maximum Gasteiger partial charge on any atom is 0.262 e. The lowest BCUT2D eigenvalue weighted by molar-refractivity contribution is -0.113. The largest absolute Gasteiger partial charge is 0.325 e. The molecule has 1 amide bonds. The van der Waals surface area contributed by atoms with Crippen LogP contribution in [0.15, 0.2) is 53.3 Å². The van der Waals surface area contributed by atoms with Gasteiger partial charge in [-0.1, -0.05) is 45.0 Å². The second-order valence-corrected chi connectivity index (χ2v) is 9.49. The summed E-state index contributed by atoms with van der Waals surface area (Å²) in [7, 11) is 0. The summed E-state index contributed by atoms with van der Waals surface area (Å²) in [5, 5.41) is 12.3. The van der Waals surface area contributed by atoms with Crippen molar-refractivity contribution in [2.45, 2.75) is 45.9 Å². The third-order valence-corrected chi connectivity index (χ3v) is 6.54. The number of carbonyl (C=O) groups is 1. The van der Waals surface area contributed by atoms with Crippen LogP contribution >= 0.6 is 11.8 Å². The molecule has 2 aromatic carbocycles. The fourth-order valence-corrected chi connectivity index (χ4v) is 4.48. The number of fused-ring (bicyclic) bond motifs is 3. The number of nitrogens with zero attached hydrogens (tertiary/aromatic N) is 4. The molecule has 0 fully saturated rings. The molecular weight excluding hydrogens is 434 g/mol. The Morgan fingerprint density at radius 2 is 1.85 bits per heavy atom. The molecular formula is C25H29N5O2S. The third kappa shape index (κ3) is 5.11. The zero-order chi connectivity index (χ0) is 23.4. The van der Waals surface area contributed by atoms with Crippen LogP contribution in [0.4, 0.5) is 5.69 Å². The van der Waals surface area contributed by atoms with Crippen molar-refractivity contribution in [3.8, 4) is 0 Å². The van der Waals surface area contributed by atoms with Crippen molar-refractivity contribution in [1.82, 2.24) is 19.2 Å². The number of nitrogens with one attached hydrogen (secondary N) is 1. The lowest BCUT2D eigenvalue weighted by Crippen LogP contribution is -2.24. The number of para-hydroxylation sites is 1. The molecule has 8 heteroatoms. The molecule has 0 saturated carbocycles. The number of aryl methyl sites for hydroxylation is 2. The topological polar surface area (TPSA) is 81.3 Å². The van der Waals surface area contributed by atoms with E-state index in [1.165, 1.54) is 17.3 Å². The maximum absolute atomic E-state index is 13.1. The highest BCUT2D eigenvalue weighted by Gasteiger charge is 2.17. The quantitative estimate of drug-likeness (QED) is 0.395. The Balaban J connectivity index is 1.53. The Kier molecular flexibility index (Phi) is 7.13. The van der Waals surface area contributed by atoms with Gasteiger partial charge in [0.05, 0.1) is 22.4 Å². The van der Waals surface area contributed by atoms with Crippen molar-refractivity contribution < 1.29 is 4.79 Å². The predicted molar refractivity (Wildman–Crippen MR) is 135 cm³/mol. The van der Waals surface area contributed by atoms with Gasteiger partial charge in [0.25, 0.3) is 5.56 Å². The number of hydrogen-bond acceptors (Lipinski definition) is 5. The number of aromatic nitrogens is 4. The number of amides is 1. The second-order valence-electron chi connectivity index (χ2n) is 8.50. The molecule has 0 radical (unpaired) electrons. The monoisotopic (exact) mass is 463 g/mol. The van der Waals surface area contributed by atoms with E-state index < -0.39 is 0 Å². The summed E-state index contributed by atoms with van der Waals surface area (Å²) in [5.41, 5.74) is 2.78. The highest BCUT2D eigenvalue weighted by atomic mass is 32.2. The van der Waals surface area contributed by atoms with Crippen molar-refractivity contribution >= 4 is 40.0 Å². The van der Waals surface area contributed by atoms with Gasteiger partial charge >= 0.3 is 0 Å². The number of hydrogen-bond donors (Lipinski definition) is 1. The molecule has 172 valence electrons. The second kappa shape index (κ2) is 10.2. The summed E-state index contributed by atoms with van der Waals surface area (Å²) in [6.07, 6.45) is 1.85. The van der Waals surface area contributed by atoms with E-state index in [1.54, 1.807) is 4.57 Å². The first-order chi connectivity index (χ1) is 16.0. The fourth-order valence-electron chi connectivity index (χ4n) is 3.75. The molecule has 0 atom stereocenters. The number of anilines is 1. The first kappa shape index (κ1) is 23.0. The van der Waals surface area contributed by atoms with Gasteiger partial charge in [0.2, 0.25) is 11.7 Å². The molecule has 0 unspecified atom stereocenters. The predicted octanol–water partition coefficient (Wildman–Crippen LogP) is 4.52. The summed E-state index contributed by atoms with van der Waals surface area (Å²) < 4.78 is 3.67. The van der Waals surface area contributed by atoms with E-state index in [0.29, 0.717) is 35.1 Å². The van der Waals surface area contributed by atoms with Gasteiger partial charge in [0.15, 0.2) is 0 Å². The van der Waals surface area contributed by atoms with Crippen LogP contribution in [0.25, 0.3) is 16.7 Å². The minimum atomic E-state index is -0.0585. The zero-order valence-electron chi connectivity index (χ0n) is 19.2. The van der Waals surface area contributed by atoms with Crippen LogP contribution in [0.2, 0.25) is 0 Å². The number of carbonyl (C=O) groups excluding carboxylic acids is 1. The molecule has 0 saturated heterocycles. The summed E-state index contributed by atoms with van der Waals surface area (Å²) in [4.78, 5) is 25.5. The van der Waals surface area contributed by atoms with Crippen molar-refractivity contribution in [2.24, 2.45) is 5.92 Å². The molecule has 4 rings (SSSR count). The molecule has 0 aliphatic rings. The van der Waals surface area contributed by atoms with E-state index in [1.807, 2.05) is 52.9 Å². The summed E-state index contributed by atoms with van der Waals surface area (Å²) in [6.45, 7) is 6.97. The van der Waals surface area contributed by atoms with Crippen LogP contribution in [0.3, 0.4) is 0 Å². The average molecular weight is 464 g/mol. The molecule has 0 aliphatic heterocycles. The normalized spacial score (nSPS) is 11.5. The molecule has 0 spiro atoms. The standard InChI is InChI=1S/C25H29N5O2S/c1-4-18-9-11-19(12-10-18)26-23(31)16-33-15-22-27-28-25-29(14-13-17(2)3)24(32)20-7-5-6-8-21(20)30(22)25/h5-12,17H,4,13-16H2,1-3H3,(H,26,31). The number of benzene rings is 2. The van der Waals surface area contributed by atoms with Gasteiger partial charge in [-0.3, -0.25) is 18.6 Å². The number of thioether (sulfide) groups is 1. The van der Waals surface area contributed by atoms with E-state index in [-0.39, 0.29) is 11.5 Å². The number of rotatable bonds is 9. The van der Waals surface area contributed by atoms with E-state index in [4.69, 9.17) is 0 Å². The van der Waals surface area contributed by atoms with E-state index in [0.717, 1.165) is 29.9 Å². The molecule has 1 N–H and O–H groups in total. The van der Waals surface area contributed by atoms with Gasteiger partial charge in [-0.15, -0.1) is 22.0 Å². The van der Waals surface area contributed by atoms with Gasteiger partial charge in [0.1, 0.15) is 5.82 Å². The molecule has 7 nitrogen and oxygen atoms in total. The Bertz CT molecular complexity index is 1320.